The molecule has 2 unspecified atom stereocenters. The number of fused-ring (bicyclic) bond motifs is 3. The lowest BCUT2D eigenvalue weighted by Gasteiger charge is -2.40. The van der Waals surface area contributed by atoms with Crippen LogP contribution in [-0.4, -0.2) is 35.2 Å². The van der Waals surface area contributed by atoms with Crippen LogP contribution in [0.1, 0.15) is 66.8 Å². The number of benzene rings is 2. The van der Waals surface area contributed by atoms with Crippen LogP contribution in [0, 0.1) is 23.5 Å². The number of sulfonamides is 1. The van der Waals surface area contributed by atoms with Crippen molar-refractivity contribution in [1.29, 1.82) is 0 Å². The molecule has 4 aromatic rings. The van der Waals surface area contributed by atoms with Crippen molar-refractivity contribution in [3.05, 3.63) is 88.3 Å². The highest BCUT2D eigenvalue weighted by Gasteiger charge is 2.52. The van der Waals surface area contributed by atoms with Crippen LogP contribution < -0.4 is 10.0 Å². The van der Waals surface area contributed by atoms with Crippen molar-refractivity contribution < 1.29 is 31.6 Å². The number of aromatic nitrogens is 2. The first-order valence-corrected chi connectivity index (χ1v) is 17.3. The minimum Gasteiger partial charge on any atom is -0.383 e. The summed E-state index contributed by atoms with van der Waals surface area (Å²) in [5, 5.41) is 18.3. The van der Waals surface area contributed by atoms with E-state index in [0.29, 0.717) is 43.0 Å². The van der Waals surface area contributed by atoms with Gasteiger partial charge in [0.25, 0.3) is 5.91 Å². The summed E-state index contributed by atoms with van der Waals surface area (Å²) in [5.41, 5.74) is 0.435. The molecule has 0 spiro atoms. The first-order chi connectivity index (χ1) is 22.0. The molecule has 2 aromatic carbocycles. The lowest BCUT2D eigenvalue weighted by atomic mass is 9.73. The van der Waals surface area contributed by atoms with Gasteiger partial charge in [0, 0.05) is 41.7 Å². The fourth-order valence-electron chi connectivity index (χ4n) is 7.56. The van der Waals surface area contributed by atoms with Gasteiger partial charge in [0.2, 0.25) is 10.0 Å². The van der Waals surface area contributed by atoms with Gasteiger partial charge in [-0.2, -0.15) is 0 Å². The van der Waals surface area contributed by atoms with Gasteiger partial charge in [0.15, 0.2) is 17.4 Å². The molecular formula is C33H33ClF2N4O5S. The molecule has 1 aliphatic heterocycles. The number of carbonyl (C=O) groups excluding carboxylic acids is 1. The average Bonchev–Trinajstić information content (AvgIpc) is 3.63. The molecule has 2 atom stereocenters. The second kappa shape index (κ2) is 11.9. The molecule has 3 aliphatic rings. The van der Waals surface area contributed by atoms with Gasteiger partial charge in [-0.1, -0.05) is 53.5 Å². The third-order valence-electron chi connectivity index (χ3n) is 9.68. The van der Waals surface area contributed by atoms with Crippen LogP contribution in [0.25, 0.3) is 11.3 Å². The number of halogens is 3. The van der Waals surface area contributed by atoms with Crippen molar-refractivity contribution in [1.82, 2.24) is 14.4 Å². The minimum atomic E-state index is -4.21. The summed E-state index contributed by atoms with van der Waals surface area (Å²) in [7, 11) is -4.21. The Bertz CT molecular complexity index is 1900. The van der Waals surface area contributed by atoms with E-state index in [9.17, 15) is 27.1 Å². The molecule has 242 valence electrons. The molecule has 9 nitrogen and oxygen atoms in total. The standard InChI is InChI=1S/C33H33ClF2N4O5S/c34-28-30(32(41)37-22-12-13-23(35)24(36)15-22)40-14-6-2-5-9-25(40)31(28)46(43,44)39-29-20-10-11-21(29)18-33(42,17-20)27-16-26(45-38-27)19-7-3-1-4-8-19/h1,3-4,7-8,12-13,15-16,20-21,29,39,42H,2,5-6,9-11,14,17-18H2,(H,37,41). The van der Waals surface area contributed by atoms with Crippen molar-refractivity contribution >= 4 is 33.2 Å². The zero-order chi connectivity index (χ0) is 32.2. The van der Waals surface area contributed by atoms with Crippen LogP contribution >= 0.6 is 11.6 Å². The van der Waals surface area contributed by atoms with Gasteiger partial charge in [0.05, 0.1) is 5.02 Å². The Balaban J connectivity index is 1.15. The van der Waals surface area contributed by atoms with E-state index in [1.54, 1.807) is 10.6 Å². The Hall–Kier alpha value is -3.58. The topological polar surface area (TPSA) is 126 Å². The number of carbonyl (C=O) groups is 1. The van der Waals surface area contributed by atoms with E-state index < -0.39 is 39.2 Å². The first kappa shape index (κ1) is 31.0. The molecule has 2 fully saturated rings. The van der Waals surface area contributed by atoms with E-state index in [0.717, 1.165) is 49.8 Å². The normalized spacial score (nSPS) is 24.4. The second-order valence-corrected chi connectivity index (χ2v) is 14.6. The Morgan fingerprint density at radius 2 is 1.76 bits per heavy atom. The van der Waals surface area contributed by atoms with Gasteiger partial charge >= 0.3 is 0 Å². The highest BCUT2D eigenvalue weighted by atomic mass is 35.5. The van der Waals surface area contributed by atoms with Crippen LogP contribution in [-0.2, 0) is 28.6 Å². The van der Waals surface area contributed by atoms with Crippen molar-refractivity contribution in [2.24, 2.45) is 11.8 Å². The van der Waals surface area contributed by atoms with Gasteiger partial charge in [0.1, 0.15) is 21.9 Å². The number of amides is 1. The van der Waals surface area contributed by atoms with Gasteiger partial charge in [-0.3, -0.25) is 4.79 Å². The van der Waals surface area contributed by atoms with Gasteiger partial charge in [-0.25, -0.2) is 21.9 Å². The number of hydrogen-bond donors (Lipinski definition) is 3. The molecule has 7 rings (SSSR count). The fraction of sp³-hybridized carbons (Fsp3) is 0.394. The summed E-state index contributed by atoms with van der Waals surface area (Å²) in [6.45, 7) is 0.384. The molecule has 13 heteroatoms. The summed E-state index contributed by atoms with van der Waals surface area (Å²) in [6.07, 6.45) is 4.76. The summed E-state index contributed by atoms with van der Waals surface area (Å²) < 4.78 is 65.8. The Morgan fingerprint density at radius 1 is 1.02 bits per heavy atom. The maximum absolute atomic E-state index is 14.2. The maximum Gasteiger partial charge on any atom is 0.273 e. The van der Waals surface area contributed by atoms with E-state index in [-0.39, 0.29) is 33.1 Å². The van der Waals surface area contributed by atoms with Crippen LogP contribution in [0.2, 0.25) is 5.02 Å². The average molecular weight is 671 g/mol. The predicted octanol–water partition coefficient (Wildman–Crippen LogP) is 6.41. The lowest BCUT2D eigenvalue weighted by Crippen LogP contribution is -2.49. The number of aliphatic hydroxyl groups is 1. The predicted molar refractivity (Wildman–Crippen MR) is 167 cm³/mol. The Morgan fingerprint density at radius 3 is 2.48 bits per heavy atom. The van der Waals surface area contributed by atoms with E-state index in [4.69, 9.17) is 16.1 Å². The zero-order valence-corrected chi connectivity index (χ0v) is 26.4. The molecule has 2 aromatic heterocycles. The van der Waals surface area contributed by atoms with Gasteiger partial charge in [-0.15, -0.1) is 0 Å². The van der Waals surface area contributed by atoms with Crippen LogP contribution in [0.5, 0.6) is 0 Å². The van der Waals surface area contributed by atoms with Crippen molar-refractivity contribution in [3.8, 4) is 11.3 Å². The molecule has 46 heavy (non-hydrogen) atoms. The first-order valence-electron chi connectivity index (χ1n) is 15.5. The molecule has 1 amide bonds. The van der Waals surface area contributed by atoms with Crippen molar-refractivity contribution in [2.45, 2.75) is 74.4 Å². The zero-order valence-electron chi connectivity index (χ0n) is 24.8. The lowest BCUT2D eigenvalue weighted by molar-refractivity contribution is -0.0398. The molecule has 3 heterocycles. The molecule has 2 aliphatic carbocycles. The number of anilines is 1. The number of hydrogen-bond acceptors (Lipinski definition) is 6. The fourth-order valence-corrected chi connectivity index (χ4v) is 9.88. The third-order valence-corrected chi connectivity index (χ3v) is 11.7. The SMILES string of the molecule is O=C(Nc1ccc(F)c(F)c1)c1c(Cl)c(S(=O)(=O)NC2C3CCC2CC(O)(c2cc(-c4ccccc4)on2)C3)c2n1CCCCC2. The molecule has 2 bridgehead atoms. The van der Waals surface area contributed by atoms with Gasteiger partial charge in [-0.05, 0) is 68.9 Å². The van der Waals surface area contributed by atoms with Crippen LogP contribution in [0.15, 0.2) is 64.0 Å². The number of nitrogens with zero attached hydrogens (tertiary/aromatic N) is 2. The summed E-state index contributed by atoms with van der Waals surface area (Å²) >= 11 is 6.77. The molecule has 0 saturated heterocycles. The Labute approximate surface area is 270 Å². The quantitative estimate of drug-likeness (QED) is 0.209. The van der Waals surface area contributed by atoms with Crippen LogP contribution in [0.3, 0.4) is 0 Å². The molecular weight excluding hydrogens is 638 g/mol. The van der Waals surface area contributed by atoms with Crippen molar-refractivity contribution in [2.75, 3.05) is 5.32 Å². The van der Waals surface area contributed by atoms with E-state index in [1.807, 2.05) is 30.3 Å². The summed E-state index contributed by atoms with van der Waals surface area (Å²) in [5.74, 6) is -2.67. The number of nitrogens with one attached hydrogen (secondary N) is 2. The highest BCUT2D eigenvalue weighted by Crippen LogP contribution is 2.51. The third kappa shape index (κ3) is 5.55. The van der Waals surface area contributed by atoms with E-state index in [1.165, 1.54) is 6.07 Å². The largest absolute Gasteiger partial charge is 0.383 e. The minimum absolute atomic E-state index is 0.0148. The van der Waals surface area contributed by atoms with Crippen LogP contribution in [0.4, 0.5) is 14.5 Å². The van der Waals surface area contributed by atoms with Crippen molar-refractivity contribution in [3.63, 3.8) is 0 Å². The summed E-state index contributed by atoms with van der Waals surface area (Å²) in [6, 6.07) is 13.8. The number of rotatable bonds is 7. The highest BCUT2D eigenvalue weighted by molar-refractivity contribution is 7.89. The van der Waals surface area contributed by atoms with Gasteiger partial charge < -0.3 is 19.5 Å². The molecule has 0 radical (unpaired) electrons. The molecule has 2 saturated carbocycles. The van der Waals surface area contributed by atoms with E-state index in [2.05, 4.69) is 15.2 Å². The molecule has 3 N–H and O–H groups in total. The Kier molecular flexibility index (Phi) is 8.03. The maximum atomic E-state index is 14.2. The monoisotopic (exact) mass is 670 g/mol. The smallest absolute Gasteiger partial charge is 0.273 e. The second-order valence-electron chi connectivity index (χ2n) is 12.6. The summed E-state index contributed by atoms with van der Waals surface area (Å²) in [4.78, 5) is 13.3. The van der Waals surface area contributed by atoms with E-state index >= 15 is 0 Å².